The smallest absolute Gasteiger partial charge is 0.244 e. The first-order chi connectivity index (χ1) is 19.7. The summed E-state index contributed by atoms with van der Waals surface area (Å²) in [5.74, 6) is -2.19. The summed E-state index contributed by atoms with van der Waals surface area (Å²) in [4.78, 5) is 25.6. The summed E-state index contributed by atoms with van der Waals surface area (Å²) in [6.45, 7) is 0.543. The Kier molecular flexibility index (Phi) is 8.92. The summed E-state index contributed by atoms with van der Waals surface area (Å²) >= 11 is 2.44. The number of hydrogen-bond acceptors (Lipinski definition) is 10. The Labute approximate surface area is 244 Å². The minimum Gasteiger partial charge on any atom is -0.382 e. The van der Waals surface area contributed by atoms with E-state index in [0.717, 1.165) is 46.4 Å². The van der Waals surface area contributed by atoms with Gasteiger partial charge in [0.25, 0.3) is 0 Å². The summed E-state index contributed by atoms with van der Waals surface area (Å²) in [6, 6.07) is 12.1. The highest BCUT2D eigenvalue weighted by molar-refractivity contribution is 7.99. The number of aromatic nitrogens is 3. The number of benzene rings is 1. The van der Waals surface area contributed by atoms with Crippen LogP contribution in [0.1, 0.15) is 33.8 Å². The lowest BCUT2D eigenvalue weighted by Gasteiger charge is -2.31. The molecule has 0 spiro atoms. The molecule has 4 aromatic rings. The number of rotatable bonds is 10. The van der Waals surface area contributed by atoms with Gasteiger partial charge in [-0.1, -0.05) is 23.5 Å². The van der Waals surface area contributed by atoms with E-state index in [1.807, 2.05) is 18.2 Å². The van der Waals surface area contributed by atoms with E-state index >= 15 is 0 Å². The van der Waals surface area contributed by atoms with Crippen LogP contribution < -0.4 is 11.1 Å². The summed E-state index contributed by atoms with van der Waals surface area (Å²) in [5, 5.41) is 4.24. The zero-order chi connectivity index (χ0) is 29.0. The molecule has 1 aliphatic rings. The molecule has 1 aromatic carbocycles. The molecule has 1 saturated heterocycles. The van der Waals surface area contributed by atoms with Crippen molar-refractivity contribution < 1.29 is 22.0 Å². The third kappa shape index (κ3) is 6.72. The van der Waals surface area contributed by atoms with Gasteiger partial charge in [-0.25, -0.2) is 27.2 Å². The number of carbonyl (C=O) groups is 1. The fourth-order valence-electron chi connectivity index (χ4n) is 4.36. The molecular weight excluding hydrogens is 591 g/mol. The molecule has 0 saturated carbocycles. The number of ketones is 1. The molecule has 0 radical (unpaired) electrons. The lowest BCUT2D eigenvalue weighted by Crippen LogP contribution is -2.42. The summed E-state index contributed by atoms with van der Waals surface area (Å²) in [6.07, 6.45) is 4.89. The molecule has 41 heavy (non-hydrogen) atoms. The van der Waals surface area contributed by atoms with Crippen molar-refractivity contribution >= 4 is 49.9 Å². The molecule has 0 aliphatic carbocycles. The number of nitrogens with two attached hydrogens (primary N) is 1. The van der Waals surface area contributed by atoms with E-state index in [-0.39, 0.29) is 34.7 Å². The first-order valence-corrected chi connectivity index (χ1v) is 16.0. The van der Waals surface area contributed by atoms with Crippen molar-refractivity contribution in [2.45, 2.75) is 35.2 Å². The average Bonchev–Trinajstić information content (AvgIpc) is 3.33. The number of sulfonamides is 1. The maximum atomic E-state index is 14.1. The Morgan fingerprint density at radius 1 is 1.07 bits per heavy atom. The highest BCUT2D eigenvalue weighted by Crippen LogP contribution is 2.31. The Balaban J connectivity index is 1.15. The Hall–Kier alpha value is -3.46. The lowest BCUT2D eigenvalue weighted by molar-refractivity contribution is 0.103. The van der Waals surface area contributed by atoms with Crippen molar-refractivity contribution in [1.29, 1.82) is 0 Å². The van der Waals surface area contributed by atoms with Crippen molar-refractivity contribution in [2.75, 3.05) is 29.9 Å². The molecule has 3 aromatic heterocycles. The number of carbonyl (C=O) groups excluding carboxylic acids is 1. The minimum absolute atomic E-state index is 0.0673. The number of pyridine rings is 2. The van der Waals surface area contributed by atoms with Gasteiger partial charge >= 0.3 is 0 Å². The number of nitrogen functional groups attached to an aromatic ring is 1. The van der Waals surface area contributed by atoms with E-state index in [2.05, 4.69) is 20.3 Å². The SMILES string of the molecule is Nc1nc(NC2CCN(S(=O)(=O)c3ccc(SCCc4ccccn4)nc3)CC2)sc1C(=O)c1c(F)cccc1F. The number of anilines is 2. The Bertz CT molecular complexity index is 1610. The fourth-order valence-corrected chi connectivity index (χ4v) is 7.50. The molecule has 214 valence electrons. The molecule has 4 heterocycles. The van der Waals surface area contributed by atoms with Crippen LogP contribution in [-0.2, 0) is 16.4 Å². The van der Waals surface area contributed by atoms with Crippen LogP contribution in [0.3, 0.4) is 0 Å². The molecule has 1 aliphatic heterocycles. The maximum absolute atomic E-state index is 14.1. The van der Waals surface area contributed by atoms with Crippen LogP contribution in [-0.4, -0.2) is 58.3 Å². The second kappa shape index (κ2) is 12.6. The predicted molar refractivity (Wildman–Crippen MR) is 155 cm³/mol. The van der Waals surface area contributed by atoms with Crippen molar-refractivity contribution in [3.05, 3.63) is 88.7 Å². The number of aryl methyl sites for hydroxylation is 1. The number of nitrogens with one attached hydrogen (secondary N) is 1. The molecule has 5 rings (SSSR count). The fraction of sp³-hybridized carbons (Fsp3) is 0.259. The van der Waals surface area contributed by atoms with Gasteiger partial charge in [0.2, 0.25) is 15.8 Å². The molecule has 0 unspecified atom stereocenters. The third-order valence-corrected chi connectivity index (χ3v) is 10.3. The molecule has 0 bridgehead atoms. The standard InChI is InChI=1S/C27H26F2N6O3S3/c28-20-5-3-6-21(29)23(20)24(36)25-26(30)34-27(40-25)33-18-9-13-35(14-10-18)41(37,38)19-7-8-22(32-16-19)39-15-11-17-4-1-2-12-31-17/h1-8,12,16,18H,9-11,13-15,30H2,(H,33,34). The van der Waals surface area contributed by atoms with Gasteiger partial charge < -0.3 is 11.1 Å². The molecule has 0 amide bonds. The van der Waals surface area contributed by atoms with Crippen LogP contribution in [0.25, 0.3) is 0 Å². The van der Waals surface area contributed by atoms with E-state index < -0.39 is 33.0 Å². The quantitative estimate of drug-likeness (QED) is 0.194. The van der Waals surface area contributed by atoms with Crippen LogP contribution in [0.4, 0.5) is 19.7 Å². The third-order valence-electron chi connectivity index (χ3n) is 6.51. The van der Waals surface area contributed by atoms with E-state index in [0.29, 0.717) is 18.0 Å². The second-order valence-corrected chi connectivity index (χ2v) is 13.3. The predicted octanol–water partition coefficient (Wildman–Crippen LogP) is 4.62. The maximum Gasteiger partial charge on any atom is 0.244 e. The minimum atomic E-state index is -3.72. The van der Waals surface area contributed by atoms with Crippen LogP contribution in [0.15, 0.2) is 70.8 Å². The molecule has 3 N–H and O–H groups in total. The van der Waals surface area contributed by atoms with E-state index in [4.69, 9.17) is 5.73 Å². The largest absolute Gasteiger partial charge is 0.382 e. The van der Waals surface area contributed by atoms with Crippen molar-refractivity contribution in [1.82, 2.24) is 19.3 Å². The van der Waals surface area contributed by atoms with Crippen LogP contribution in [0, 0.1) is 11.6 Å². The van der Waals surface area contributed by atoms with E-state index in [9.17, 15) is 22.0 Å². The number of thiazole rings is 1. The van der Waals surface area contributed by atoms with Gasteiger partial charge in [-0.15, -0.1) is 11.8 Å². The van der Waals surface area contributed by atoms with Gasteiger partial charge in [0.15, 0.2) is 5.13 Å². The van der Waals surface area contributed by atoms with Gasteiger partial charge in [0.05, 0.1) is 10.6 Å². The van der Waals surface area contributed by atoms with E-state index in [1.165, 1.54) is 28.3 Å². The number of halogens is 2. The number of nitrogens with zero attached hydrogens (tertiary/aromatic N) is 4. The summed E-state index contributed by atoms with van der Waals surface area (Å²) in [7, 11) is -3.72. The highest BCUT2D eigenvalue weighted by Gasteiger charge is 2.31. The monoisotopic (exact) mass is 616 g/mol. The first-order valence-electron chi connectivity index (χ1n) is 12.7. The number of thioether (sulfide) groups is 1. The van der Waals surface area contributed by atoms with Crippen molar-refractivity contribution in [3.63, 3.8) is 0 Å². The Morgan fingerprint density at radius 3 is 2.49 bits per heavy atom. The van der Waals surface area contributed by atoms with E-state index in [1.54, 1.807) is 18.3 Å². The van der Waals surface area contributed by atoms with Gasteiger partial charge in [0.1, 0.15) is 27.2 Å². The molecular formula is C27H26F2N6O3S3. The van der Waals surface area contributed by atoms with Crippen LogP contribution in [0.2, 0.25) is 0 Å². The lowest BCUT2D eigenvalue weighted by atomic mass is 10.1. The number of piperidine rings is 1. The molecule has 9 nitrogen and oxygen atoms in total. The summed E-state index contributed by atoms with van der Waals surface area (Å²) in [5.41, 5.74) is 6.19. The van der Waals surface area contributed by atoms with Gasteiger partial charge in [0, 0.05) is 43.0 Å². The summed E-state index contributed by atoms with van der Waals surface area (Å²) < 4.78 is 56.0. The topological polar surface area (TPSA) is 131 Å². The zero-order valence-corrected chi connectivity index (χ0v) is 24.1. The zero-order valence-electron chi connectivity index (χ0n) is 21.7. The molecule has 14 heteroatoms. The van der Waals surface area contributed by atoms with Gasteiger partial charge in [-0.2, -0.15) is 4.31 Å². The van der Waals surface area contributed by atoms with Crippen LogP contribution >= 0.6 is 23.1 Å². The second-order valence-electron chi connectivity index (χ2n) is 9.23. The highest BCUT2D eigenvalue weighted by atomic mass is 32.2. The van der Waals surface area contributed by atoms with Crippen LogP contribution in [0.5, 0.6) is 0 Å². The van der Waals surface area contributed by atoms with Gasteiger partial charge in [-0.05, 0) is 55.7 Å². The van der Waals surface area contributed by atoms with Crippen molar-refractivity contribution in [3.8, 4) is 0 Å². The first kappa shape index (κ1) is 29.0. The Morgan fingerprint density at radius 2 is 1.83 bits per heavy atom. The van der Waals surface area contributed by atoms with Crippen molar-refractivity contribution in [2.24, 2.45) is 0 Å². The molecule has 1 fully saturated rings. The van der Waals surface area contributed by atoms with Gasteiger partial charge in [-0.3, -0.25) is 9.78 Å². The normalized spacial score (nSPS) is 14.7. The average molecular weight is 617 g/mol. The molecule has 0 atom stereocenters. The number of hydrogen-bond donors (Lipinski definition) is 2.